The highest BCUT2D eigenvalue weighted by Crippen LogP contribution is 2.41. The molecule has 1 unspecified atom stereocenters. The first-order valence-corrected chi connectivity index (χ1v) is 6.70. The number of hydrogen-bond acceptors (Lipinski definition) is 4. The zero-order chi connectivity index (χ0) is 13.0. The Morgan fingerprint density at radius 2 is 2.11 bits per heavy atom. The molecular formula is C14H23N3O. The summed E-state index contributed by atoms with van der Waals surface area (Å²) < 4.78 is 5.15. The molecule has 2 rings (SSSR count). The van der Waals surface area contributed by atoms with E-state index in [9.17, 15) is 0 Å². The van der Waals surface area contributed by atoms with Gasteiger partial charge in [0, 0.05) is 24.2 Å². The predicted octanol–water partition coefficient (Wildman–Crippen LogP) is 2.20. The lowest BCUT2D eigenvalue weighted by Gasteiger charge is -2.33. The van der Waals surface area contributed by atoms with Crippen molar-refractivity contribution in [3.05, 3.63) is 18.1 Å². The molecule has 4 nitrogen and oxygen atoms in total. The maximum absolute atomic E-state index is 5.15. The van der Waals surface area contributed by atoms with Crippen molar-refractivity contribution in [2.75, 3.05) is 14.2 Å². The average molecular weight is 249 g/mol. The van der Waals surface area contributed by atoms with Crippen molar-refractivity contribution >= 4 is 0 Å². The van der Waals surface area contributed by atoms with Crippen LogP contribution in [0.2, 0.25) is 0 Å². The Bertz CT molecular complexity index is 388. The molecule has 1 fully saturated rings. The van der Waals surface area contributed by atoms with Gasteiger partial charge in [0.2, 0.25) is 5.88 Å². The van der Waals surface area contributed by atoms with Crippen molar-refractivity contribution in [1.29, 1.82) is 0 Å². The molecule has 1 saturated carbocycles. The monoisotopic (exact) mass is 249 g/mol. The summed E-state index contributed by atoms with van der Waals surface area (Å²) in [6, 6.07) is 2.41. The number of likely N-dealkylation sites (N-methyl/N-ethyl adjacent to an activating group) is 1. The van der Waals surface area contributed by atoms with E-state index in [0.717, 1.165) is 12.1 Å². The Kier molecular flexibility index (Phi) is 4.17. The normalized spacial score (nSPS) is 19.7. The van der Waals surface area contributed by atoms with Gasteiger partial charge in [0.1, 0.15) is 6.33 Å². The molecule has 4 heteroatoms. The lowest BCUT2D eigenvalue weighted by atomic mass is 9.78. The van der Waals surface area contributed by atoms with E-state index >= 15 is 0 Å². The third-order valence-corrected chi connectivity index (χ3v) is 4.26. The van der Waals surface area contributed by atoms with Gasteiger partial charge in [-0.3, -0.25) is 0 Å². The summed E-state index contributed by atoms with van der Waals surface area (Å²) in [5, 5.41) is 3.47. The summed E-state index contributed by atoms with van der Waals surface area (Å²) in [7, 11) is 3.69. The molecule has 1 aliphatic carbocycles. The lowest BCUT2D eigenvalue weighted by Crippen LogP contribution is -2.42. The second kappa shape index (κ2) is 5.65. The van der Waals surface area contributed by atoms with E-state index in [0.29, 0.717) is 17.3 Å². The number of rotatable bonds is 5. The Balaban J connectivity index is 2.09. The zero-order valence-corrected chi connectivity index (χ0v) is 11.6. The van der Waals surface area contributed by atoms with Crippen LogP contribution in [0.15, 0.2) is 12.4 Å². The minimum absolute atomic E-state index is 0.396. The topological polar surface area (TPSA) is 47.0 Å². The fourth-order valence-corrected chi connectivity index (χ4v) is 3.04. The second-order valence-corrected chi connectivity index (χ2v) is 5.46. The molecule has 0 radical (unpaired) electrons. The zero-order valence-electron chi connectivity index (χ0n) is 11.6. The van der Waals surface area contributed by atoms with Gasteiger partial charge in [-0.2, -0.15) is 0 Å². The molecule has 0 saturated heterocycles. The van der Waals surface area contributed by atoms with E-state index in [1.165, 1.54) is 25.7 Å². The Morgan fingerprint density at radius 1 is 1.39 bits per heavy atom. The van der Waals surface area contributed by atoms with Gasteiger partial charge in [-0.15, -0.1) is 0 Å². The standard InChI is InChI=1S/C14H23N3O/c1-14(6-4-5-7-14)12(15-2)8-11-9-13(18-3)17-10-16-11/h9-10,12,15H,4-8H2,1-3H3. The van der Waals surface area contributed by atoms with Crippen LogP contribution >= 0.6 is 0 Å². The molecule has 0 aliphatic heterocycles. The van der Waals surface area contributed by atoms with Crippen molar-refractivity contribution in [3.8, 4) is 5.88 Å². The van der Waals surface area contributed by atoms with Crippen LogP contribution in [-0.4, -0.2) is 30.2 Å². The molecule has 1 atom stereocenters. The van der Waals surface area contributed by atoms with Gasteiger partial charge in [0.05, 0.1) is 7.11 Å². The van der Waals surface area contributed by atoms with Gasteiger partial charge < -0.3 is 10.1 Å². The van der Waals surface area contributed by atoms with E-state index in [2.05, 4.69) is 22.2 Å². The Hall–Kier alpha value is -1.16. The van der Waals surface area contributed by atoms with Crippen LogP contribution < -0.4 is 10.1 Å². The summed E-state index contributed by atoms with van der Waals surface area (Å²) in [6.45, 7) is 2.39. The van der Waals surface area contributed by atoms with E-state index in [1.54, 1.807) is 13.4 Å². The van der Waals surface area contributed by atoms with Crippen molar-refractivity contribution in [3.63, 3.8) is 0 Å². The van der Waals surface area contributed by atoms with Crippen LogP contribution in [0.4, 0.5) is 0 Å². The smallest absolute Gasteiger partial charge is 0.216 e. The van der Waals surface area contributed by atoms with Crippen LogP contribution in [-0.2, 0) is 6.42 Å². The number of nitrogens with zero attached hydrogens (tertiary/aromatic N) is 2. The third kappa shape index (κ3) is 2.80. The molecule has 0 bridgehead atoms. The first-order valence-electron chi connectivity index (χ1n) is 6.70. The summed E-state index contributed by atoms with van der Waals surface area (Å²) in [5.41, 5.74) is 1.45. The average Bonchev–Trinajstić information content (AvgIpc) is 2.84. The molecule has 0 spiro atoms. The lowest BCUT2D eigenvalue weighted by molar-refractivity contribution is 0.228. The van der Waals surface area contributed by atoms with Gasteiger partial charge >= 0.3 is 0 Å². The van der Waals surface area contributed by atoms with Crippen LogP contribution in [0, 0.1) is 5.41 Å². The van der Waals surface area contributed by atoms with Gasteiger partial charge in [0.15, 0.2) is 0 Å². The van der Waals surface area contributed by atoms with Gasteiger partial charge in [-0.05, 0) is 25.3 Å². The fourth-order valence-electron chi connectivity index (χ4n) is 3.04. The quantitative estimate of drug-likeness (QED) is 0.869. The minimum Gasteiger partial charge on any atom is -0.481 e. The first kappa shape index (κ1) is 13.3. The largest absolute Gasteiger partial charge is 0.481 e. The van der Waals surface area contributed by atoms with Crippen molar-refractivity contribution in [1.82, 2.24) is 15.3 Å². The van der Waals surface area contributed by atoms with Crippen LogP contribution in [0.5, 0.6) is 5.88 Å². The van der Waals surface area contributed by atoms with Crippen molar-refractivity contribution < 1.29 is 4.74 Å². The molecule has 1 N–H and O–H groups in total. The molecule has 0 aromatic carbocycles. The van der Waals surface area contributed by atoms with E-state index in [1.807, 2.05) is 13.1 Å². The van der Waals surface area contributed by atoms with Gasteiger partial charge in [-0.1, -0.05) is 19.8 Å². The predicted molar refractivity (Wildman–Crippen MR) is 71.7 cm³/mol. The molecular weight excluding hydrogens is 226 g/mol. The molecule has 1 aliphatic rings. The molecule has 1 aromatic rings. The highest BCUT2D eigenvalue weighted by molar-refractivity contribution is 5.15. The molecule has 0 amide bonds. The number of aromatic nitrogens is 2. The van der Waals surface area contributed by atoms with Crippen LogP contribution in [0.25, 0.3) is 0 Å². The SMILES string of the molecule is CNC(Cc1cc(OC)ncn1)C1(C)CCCC1. The van der Waals surface area contributed by atoms with E-state index in [-0.39, 0.29) is 0 Å². The van der Waals surface area contributed by atoms with Crippen molar-refractivity contribution in [2.24, 2.45) is 5.41 Å². The van der Waals surface area contributed by atoms with E-state index < -0.39 is 0 Å². The maximum atomic E-state index is 5.15. The number of methoxy groups -OCH3 is 1. The molecule has 1 aromatic heterocycles. The summed E-state index contributed by atoms with van der Waals surface area (Å²) in [6.07, 6.45) is 7.83. The van der Waals surface area contributed by atoms with Gasteiger partial charge in [-0.25, -0.2) is 9.97 Å². The summed E-state index contributed by atoms with van der Waals surface area (Å²) >= 11 is 0. The summed E-state index contributed by atoms with van der Waals surface area (Å²) in [5.74, 6) is 0.645. The summed E-state index contributed by atoms with van der Waals surface area (Å²) in [4.78, 5) is 8.40. The number of nitrogens with one attached hydrogen (secondary N) is 1. The minimum atomic E-state index is 0.396. The van der Waals surface area contributed by atoms with Crippen LogP contribution in [0.1, 0.15) is 38.3 Å². The molecule has 18 heavy (non-hydrogen) atoms. The van der Waals surface area contributed by atoms with E-state index in [4.69, 9.17) is 4.74 Å². The highest BCUT2D eigenvalue weighted by atomic mass is 16.5. The maximum Gasteiger partial charge on any atom is 0.216 e. The fraction of sp³-hybridized carbons (Fsp3) is 0.714. The number of hydrogen-bond donors (Lipinski definition) is 1. The van der Waals surface area contributed by atoms with Crippen molar-refractivity contribution in [2.45, 2.75) is 45.1 Å². The van der Waals surface area contributed by atoms with Gasteiger partial charge in [0.25, 0.3) is 0 Å². The number of ether oxygens (including phenoxy) is 1. The molecule has 1 heterocycles. The third-order valence-electron chi connectivity index (χ3n) is 4.26. The molecule has 100 valence electrons. The highest BCUT2D eigenvalue weighted by Gasteiger charge is 2.36. The Labute approximate surface area is 109 Å². The second-order valence-electron chi connectivity index (χ2n) is 5.46. The van der Waals surface area contributed by atoms with Crippen LogP contribution in [0.3, 0.4) is 0 Å². The first-order chi connectivity index (χ1) is 8.68. The Morgan fingerprint density at radius 3 is 2.72 bits per heavy atom.